The normalized spacial score (nSPS) is 19.2. The molecule has 2 aromatic heterocycles. The van der Waals surface area contributed by atoms with Gasteiger partial charge in [0.1, 0.15) is 22.7 Å². The second-order valence-corrected chi connectivity index (χ2v) is 9.25. The highest BCUT2D eigenvalue weighted by Crippen LogP contribution is 2.42. The van der Waals surface area contributed by atoms with Gasteiger partial charge in [0.25, 0.3) is 0 Å². The second-order valence-electron chi connectivity index (χ2n) is 8.89. The van der Waals surface area contributed by atoms with Gasteiger partial charge in [-0.3, -0.25) is 0 Å². The van der Waals surface area contributed by atoms with Gasteiger partial charge >= 0.3 is 6.09 Å². The molecule has 1 amide bonds. The molecule has 1 aliphatic carbocycles. The third kappa shape index (κ3) is 4.59. The number of halogens is 1. The molecule has 2 unspecified atom stereocenters. The Bertz CT molecular complexity index is 1060. The van der Waals surface area contributed by atoms with Crippen LogP contribution in [0.25, 0.3) is 11.0 Å². The average molecular weight is 427 g/mol. The Labute approximate surface area is 181 Å². The largest absolute Gasteiger partial charge is 0.444 e. The van der Waals surface area contributed by atoms with Crippen molar-refractivity contribution in [1.29, 1.82) is 0 Å². The predicted octanol–water partition coefficient (Wildman–Crippen LogP) is 5.62. The first-order valence-electron chi connectivity index (χ1n) is 10.3. The summed E-state index contributed by atoms with van der Waals surface area (Å²) in [6.45, 7) is 6.03. The first-order valence-corrected chi connectivity index (χ1v) is 10.7. The van der Waals surface area contributed by atoms with E-state index in [1.54, 1.807) is 0 Å². The van der Waals surface area contributed by atoms with Crippen molar-refractivity contribution in [1.82, 2.24) is 19.9 Å². The molecule has 1 aliphatic rings. The minimum atomic E-state index is -0.497. The topological polar surface area (TPSA) is 69.0 Å². The molecule has 0 saturated heterocycles. The van der Waals surface area contributed by atoms with Crippen LogP contribution in [0.3, 0.4) is 0 Å². The van der Waals surface area contributed by atoms with Gasteiger partial charge in [0.2, 0.25) is 0 Å². The van der Waals surface area contributed by atoms with Crippen molar-refractivity contribution < 1.29 is 9.53 Å². The highest BCUT2D eigenvalue weighted by molar-refractivity contribution is 6.33. The monoisotopic (exact) mass is 426 g/mol. The van der Waals surface area contributed by atoms with Crippen molar-refractivity contribution in [3.05, 3.63) is 59.1 Å². The number of nitrogens with zero attached hydrogens (tertiary/aromatic N) is 3. The molecular formula is C23H27ClN4O2. The quantitative estimate of drug-likeness (QED) is 0.550. The molecule has 2 atom stereocenters. The molecule has 158 valence electrons. The number of carbonyl (C=O) groups is 1. The minimum absolute atomic E-state index is 0.391. The van der Waals surface area contributed by atoms with Gasteiger partial charge in [-0.05, 0) is 63.1 Å². The van der Waals surface area contributed by atoms with Crippen LogP contribution in [0.4, 0.5) is 4.79 Å². The Morgan fingerprint density at radius 3 is 2.90 bits per heavy atom. The number of amides is 1. The van der Waals surface area contributed by atoms with Crippen LogP contribution in [0.15, 0.2) is 42.9 Å². The summed E-state index contributed by atoms with van der Waals surface area (Å²) >= 11 is 6.20. The third-order valence-electron chi connectivity index (χ3n) is 5.52. The van der Waals surface area contributed by atoms with Gasteiger partial charge < -0.3 is 14.6 Å². The average Bonchev–Trinajstić information content (AvgIpc) is 3.33. The van der Waals surface area contributed by atoms with Gasteiger partial charge in [0.15, 0.2) is 0 Å². The Kier molecular flexibility index (Phi) is 5.69. The van der Waals surface area contributed by atoms with Crippen molar-refractivity contribution in [2.45, 2.75) is 64.1 Å². The maximum Gasteiger partial charge on any atom is 0.407 e. The molecule has 3 aromatic rings. The van der Waals surface area contributed by atoms with E-state index in [1.165, 1.54) is 11.9 Å². The zero-order valence-electron chi connectivity index (χ0n) is 17.6. The minimum Gasteiger partial charge on any atom is -0.444 e. The number of fused-ring (bicyclic) bond motifs is 1. The molecule has 7 heteroatoms. The molecule has 1 aromatic carbocycles. The molecule has 1 saturated carbocycles. The number of carbonyl (C=O) groups excluding carboxylic acids is 1. The van der Waals surface area contributed by atoms with Crippen LogP contribution in [0.1, 0.15) is 63.1 Å². The molecular weight excluding hydrogens is 400 g/mol. The number of aromatic nitrogens is 3. The number of hydrogen-bond acceptors (Lipinski definition) is 4. The Morgan fingerprint density at radius 2 is 2.10 bits per heavy atom. The number of nitrogens with one attached hydrogen (secondary N) is 1. The van der Waals surface area contributed by atoms with Crippen LogP contribution < -0.4 is 5.32 Å². The van der Waals surface area contributed by atoms with E-state index in [1.807, 2.05) is 32.9 Å². The molecule has 30 heavy (non-hydrogen) atoms. The molecule has 0 radical (unpaired) electrons. The lowest BCUT2D eigenvalue weighted by Gasteiger charge is -2.20. The summed E-state index contributed by atoms with van der Waals surface area (Å²) < 4.78 is 7.55. The summed E-state index contributed by atoms with van der Waals surface area (Å²) in [6, 6.07) is 10.8. The van der Waals surface area contributed by atoms with E-state index < -0.39 is 11.7 Å². The molecule has 1 fully saturated rings. The van der Waals surface area contributed by atoms with Crippen LogP contribution >= 0.6 is 11.6 Å². The van der Waals surface area contributed by atoms with Crippen LogP contribution in [-0.2, 0) is 11.3 Å². The predicted molar refractivity (Wildman–Crippen MR) is 118 cm³/mol. The Balaban J connectivity index is 1.42. The maximum absolute atomic E-state index is 11.9. The van der Waals surface area contributed by atoms with E-state index in [-0.39, 0.29) is 0 Å². The molecule has 0 spiro atoms. The van der Waals surface area contributed by atoms with E-state index in [0.29, 0.717) is 23.7 Å². The zero-order chi connectivity index (χ0) is 21.3. The third-order valence-corrected chi connectivity index (χ3v) is 5.82. The van der Waals surface area contributed by atoms with E-state index in [0.717, 1.165) is 35.9 Å². The summed E-state index contributed by atoms with van der Waals surface area (Å²) in [5.74, 6) is 0.478. The van der Waals surface area contributed by atoms with Crippen molar-refractivity contribution in [2.75, 3.05) is 0 Å². The number of hydrogen-bond donors (Lipinski definition) is 1. The van der Waals surface area contributed by atoms with Gasteiger partial charge in [0, 0.05) is 18.8 Å². The maximum atomic E-state index is 11.9. The first-order chi connectivity index (χ1) is 14.3. The smallest absolute Gasteiger partial charge is 0.407 e. The van der Waals surface area contributed by atoms with Gasteiger partial charge in [-0.15, -0.1) is 0 Å². The van der Waals surface area contributed by atoms with E-state index in [9.17, 15) is 4.79 Å². The lowest BCUT2D eigenvalue weighted by atomic mass is 9.95. The summed E-state index contributed by atoms with van der Waals surface area (Å²) in [5.41, 5.74) is 2.79. The summed E-state index contributed by atoms with van der Waals surface area (Å²) in [4.78, 5) is 20.4. The van der Waals surface area contributed by atoms with Crippen molar-refractivity contribution in [2.24, 2.45) is 0 Å². The summed E-state index contributed by atoms with van der Waals surface area (Å²) in [7, 11) is 0. The zero-order valence-corrected chi connectivity index (χ0v) is 18.3. The van der Waals surface area contributed by atoms with Crippen LogP contribution in [0, 0.1) is 0 Å². The lowest BCUT2D eigenvalue weighted by molar-refractivity contribution is 0.0523. The van der Waals surface area contributed by atoms with Crippen molar-refractivity contribution >= 4 is 28.7 Å². The van der Waals surface area contributed by atoms with Gasteiger partial charge in [-0.25, -0.2) is 14.8 Å². The second kappa shape index (κ2) is 8.26. The number of benzene rings is 1. The van der Waals surface area contributed by atoms with Crippen LogP contribution in [0.2, 0.25) is 5.15 Å². The highest BCUT2D eigenvalue weighted by atomic mass is 35.5. The number of alkyl carbamates (subject to hydrolysis) is 1. The molecule has 2 heterocycles. The van der Waals surface area contributed by atoms with Gasteiger partial charge in [0.05, 0.1) is 5.39 Å². The van der Waals surface area contributed by atoms with Crippen LogP contribution in [-0.4, -0.2) is 26.2 Å². The SMILES string of the molecule is CC(C)(C)OC(=O)NCc1cccc(C2CCC(n3ccc4c(Cl)ncnc43)C2)c1. The summed E-state index contributed by atoms with van der Waals surface area (Å²) in [5, 5.41) is 4.24. The van der Waals surface area contributed by atoms with E-state index in [4.69, 9.17) is 16.3 Å². The molecule has 0 aliphatic heterocycles. The number of rotatable bonds is 4. The van der Waals surface area contributed by atoms with Gasteiger partial charge in [-0.2, -0.15) is 0 Å². The fraction of sp³-hybridized carbons (Fsp3) is 0.435. The summed E-state index contributed by atoms with van der Waals surface area (Å²) in [6.07, 6.45) is 6.46. The van der Waals surface area contributed by atoms with E-state index >= 15 is 0 Å². The fourth-order valence-electron chi connectivity index (χ4n) is 4.19. The van der Waals surface area contributed by atoms with Crippen molar-refractivity contribution in [3.8, 4) is 0 Å². The molecule has 6 nitrogen and oxygen atoms in total. The Hall–Kier alpha value is -2.60. The first kappa shape index (κ1) is 20.7. The fourth-order valence-corrected chi connectivity index (χ4v) is 4.38. The van der Waals surface area contributed by atoms with Gasteiger partial charge in [-0.1, -0.05) is 35.9 Å². The lowest BCUT2D eigenvalue weighted by Crippen LogP contribution is -2.32. The van der Waals surface area contributed by atoms with E-state index in [2.05, 4.69) is 44.2 Å². The molecule has 1 N–H and O–H groups in total. The Morgan fingerprint density at radius 1 is 1.27 bits per heavy atom. The van der Waals surface area contributed by atoms with Crippen molar-refractivity contribution in [3.63, 3.8) is 0 Å². The number of ether oxygens (including phenoxy) is 1. The molecule has 0 bridgehead atoms. The highest BCUT2D eigenvalue weighted by Gasteiger charge is 2.28. The standard InChI is InChI=1S/C23H27ClN4O2/c1-23(2,3)30-22(29)25-13-15-5-4-6-16(11-15)17-7-8-18(12-17)28-10-9-19-20(24)26-14-27-21(19)28/h4-6,9-11,14,17-18H,7-8,12-13H2,1-3H3,(H,25,29). The molecule has 4 rings (SSSR count). The van der Waals surface area contributed by atoms with Crippen LogP contribution in [0.5, 0.6) is 0 Å².